The number of carbonyl (C=O) groups excluding carboxylic acids is 1. The molecule has 44 heavy (non-hydrogen) atoms. The maximum absolute atomic E-state index is 13.6. The lowest BCUT2D eigenvalue weighted by Gasteiger charge is -2.24. The van der Waals surface area contributed by atoms with Gasteiger partial charge in [0.25, 0.3) is 5.91 Å². The van der Waals surface area contributed by atoms with Crippen LogP contribution in [0.1, 0.15) is 42.3 Å². The quantitative estimate of drug-likeness (QED) is 0.249. The maximum atomic E-state index is 13.6. The molecule has 0 fully saturated rings. The van der Waals surface area contributed by atoms with Crippen molar-refractivity contribution in [1.29, 1.82) is 0 Å². The minimum Gasteiger partial charge on any atom is -0.492 e. The summed E-state index contributed by atoms with van der Waals surface area (Å²) in [6, 6.07) is 12.5. The third-order valence-electron chi connectivity index (χ3n) is 6.99. The van der Waals surface area contributed by atoms with E-state index in [1.54, 1.807) is 47.5 Å². The molecule has 0 spiro atoms. The molecule has 0 radical (unpaired) electrons. The summed E-state index contributed by atoms with van der Waals surface area (Å²) in [4.78, 5) is 22.4. The van der Waals surface area contributed by atoms with E-state index in [0.717, 1.165) is 28.8 Å². The van der Waals surface area contributed by atoms with Crippen molar-refractivity contribution in [2.45, 2.75) is 33.1 Å². The highest BCUT2D eigenvalue weighted by molar-refractivity contribution is 7.92. The van der Waals surface area contributed by atoms with Gasteiger partial charge in [0, 0.05) is 36.8 Å². The van der Waals surface area contributed by atoms with E-state index in [1.807, 2.05) is 63.7 Å². The summed E-state index contributed by atoms with van der Waals surface area (Å²) >= 11 is 0. The van der Waals surface area contributed by atoms with Crippen LogP contribution in [-0.4, -0.2) is 57.2 Å². The monoisotopic (exact) mass is 614 g/mol. The Balaban J connectivity index is 1.46. The zero-order chi connectivity index (χ0) is 31.8. The lowest BCUT2D eigenvalue weighted by molar-refractivity contribution is 0.102. The van der Waals surface area contributed by atoms with Crippen LogP contribution in [0.3, 0.4) is 0 Å². The van der Waals surface area contributed by atoms with Gasteiger partial charge in [0.1, 0.15) is 17.2 Å². The highest BCUT2D eigenvalue weighted by Gasteiger charge is 2.23. The number of ether oxygens (including phenoxy) is 1. The smallest absolute Gasteiger partial charge is 0.255 e. The van der Waals surface area contributed by atoms with Crippen molar-refractivity contribution in [2.75, 3.05) is 23.4 Å². The molecule has 0 saturated heterocycles. The maximum Gasteiger partial charge on any atom is 0.255 e. The van der Waals surface area contributed by atoms with Crippen LogP contribution in [0.25, 0.3) is 28.5 Å². The molecule has 228 valence electrons. The van der Waals surface area contributed by atoms with E-state index in [4.69, 9.17) is 9.72 Å². The number of anilines is 2. The Bertz CT molecular complexity index is 1960. The second-order valence-electron chi connectivity index (χ2n) is 11.5. The molecule has 0 saturated carbocycles. The van der Waals surface area contributed by atoms with Crippen molar-refractivity contribution >= 4 is 27.3 Å². The van der Waals surface area contributed by atoms with E-state index in [2.05, 4.69) is 25.3 Å². The number of aryl methyl sites for hydroxylation is 2. The lowest BCUT2D eigenvalue weighted by atomic mass is 9.86. The molecule has 5 aromatic rings. The number of hydrogen-bond donors (Lipinski definition) is 2. The third kappa shape index (κ3) is 6.47. The summed E-state index contributed by atoms with van der Waals surface area (Å²) < 4.78 is 35.8. The first kappa shape index (κ1) is 30.4. The average Bonchev–Trinajstić information content (AvgIpc) is 3.59. The molecule has 0 aliphatic heterocycles. The van der Waals surface area contributed by atoms with Crippen molar-refractivity contribution in [3.8, 4) is 34.2 Å². The molecule has 2 aromatic carbocycles. The number of hydrogen-bond acceptors (Lipinski definition) is 8. The number of pyridine rings is 1. The summed E-state index contributed by atoms with van der Waals surface area (Å²) in [5.41, 5.74) is 5.10. The third-order valence-corrected chi connectivity index (χ3v) is 7.58. The Morgan fingerprint density at radius 1 is 0.977 bits per heavy atom. The Morgan fingerprint density at radius 3 is 2.34 bits per heavy atom. The van der Waals surface area contributed by atoms with Crippen molar-refractivity contribution in [1.82, 2.24) is 29.5 Å². The normalized spacial score (nSPS) is 11.8. The number of methoxy groups -OCH3 is 1. The molecule has 1 amide bonds. The number of sulfonamides is 1. The van der Waals surface area contributed by atoms with E-state index >= 15 is 0 Å². The Labute approximate surface area is 256 Å². The second kappa shape index (κ2) is 11.6. The zero-order valence-corrected chi connectivity index (χ0v) is 26.4. The first-order chi connectivity index (χ1) is 20.7. The van der Waals surface area contributed by atoms with Crippen LogP contribution in [0.5, 0.6) is 5.75 Å². The summed E-state index contributed by atoms with van der Waals surface area (Å²) in [6.45, 7) is 7.90. The Hall–Kier alpha value is -5.04. The number of carbonyl (C=O) groups is 1. The van der Waals surface area contributed by atoms with Gasteiger partial charge in [0.05, 0.1) is 36.6 Å². The van der Waals surface area contributed by atoms with E-state index in [-0.39, 0.29) is 16.9 Å². The van der Waals surface area contributed by atoms with Crippen LogP contribution in [0, 0.1) is 6.92 Å². The number of aromatic nitrogens is 6. The number of rotatable bonds is 8. The average molecular weight is 615 g/mol. The molecule has 3 aromatic heterocycles. The van der Waals surface area contributed by atoms with E-state index in [1.165, 1.54) is 7.11 Å². The topological polar surface area (TPSA) is 146 Å². The number of nitrogens with one attached hydrogen (secondary N) is 2. The molecule has 0 aliphatic carbocycles. The van der Waals surface area contributed by atoms with Crippen LogP contribution in [0.2, 0.25) is 0 Å². The predicted molar refractivity (Wildman–Crippen MR) is 170 cm³/mol. The van der Waals surface area contributed by atoms with Crippen molar-refractivity contribution in [3.63, 3.8) is 0 Å². The molecule has 0 aliphatic rings. The minimum atomic E-state index is -3.61. The molecule has 12 nitrogen and oxygen atoms in total. The van der Waals surface area contributed by atoms with Crippen LogP contribution >= 0.6 is 0 Å². The summed E-state index contributed by atoms with van der Waals surface area (Å²) in [7, 11) is -0.279. The molecular formula is C31H34N8O4S. The lowest BCUT2D eigenvalue weighted by Crippen LogP contribution is -2.18. The van der Waals surface area contributed by atoms with Gasteiger partial charge in [-0.2, -0.15) is 0 Å². The molecule has 0 bridgehead atoms. The molecule has 5 rings (SSSR count). The van der Waals surface area contributed by atoms with Crippen molar-refractivity contribution in [3.05, 3.63) is 83.9 Å². The van der Waals surface area contributed by atoms with Crippen LogP contribution in [0.4, 0.5) is 11.4 Å². The molecule has 2 N–H and O–H groups in total. The molecule has 3 heterocycles. The molecule has 13 heteroatoms. The molecule has 0 atom stereocenters. The van der Waals surface area contributed by atoms with Crippen LogP contribution in [0.15, 0.2) is 67.3 Å². The fourth-order valence-electron chi connectivity index (χ4n) is 4.70. The Kier molecular flexibility index (Phi) is 8.00. The van der Waals surface area contributed by atoms with Gasteiger partial charge >= 0.3 is 0 Å². The SMILES string of the molecule is COc1c(NC(=O)c2ccc(C)c(-n3cc(-c4cn(C)c(-c5ccncc5)n4)nn3)c2)cc(C(C)(C)C)cc1NS(C)(=O)=O. The first-order valence-electron chi connectivity index (χ1n) is 13.7. The van der Waals surface area contributed by atoms with Gasteiger partial charge in [-0.05, 0) is 59.9 Å². The van der Waals surface area contributed by atoms with E-state index in [9.17, 15) is 13.2 Å². The van der Waals surface area contributed by atoms with Gasteiger partial charge in [0.15, 0.2) is 5.75 Å². The fourth-order valence-corrected chi connectivity index (χ4v) is 5.25. The summed E-state index contributed by atoms with van der Waals surface area (Å²) in [6.07, 6.45) is 8.14. The van der Waals surface area contributed by atoms with Gasteiger partial charge in [-0.1, -0.05) is 32.1 Å². The van der Waals surface area contributed by atoms with Crippen molar-refractivity contribution in [2.24, 2.45) is 7.05 Å². The number of amides is 1. The molecular weight excluding hydrogens is 580 g/mol. The largest absolute Gasteiger partial charge is 0.492 e. The van der Waals surface area contributed by atoms with Crippen molar-refractivity contribution < 1.29 is 17.9 Å². The number of nitrogens with zero attached hydrogens (tertiary/aromatic N) is 6. The first-order valence-corrected chi connectivity index (χ1v) is 15.6. The van der Waals surface area contributed by atoms with Gasteiger partial charge in [-0.25, -0.2) is 18.1 Å². The minimum absolute atomic E-state index is 0.200. The Morgan fingerprint density at radius 2 is 1.68 bits per heavy atom. The van der Waals surface area contributed by atoms with Gasteiger partial charge in [-0.15, -0.1) is 5.10 Å². The van der Waals surface area contributed by atoms with Crippen LogP contribution < -0.4 is 14.8 Å². The van der Waals surface area contributed by atoms with Crippen LogP contribution in [-0.2, 0) is 22.5 Å². The molecule has 0 unspecified atom stereocenters. The standard InChI is InChI=1S/C31H34N8O4S/c1-19-8-9-21(30(40)34-23-15-22(31(2,3)4)16-24(28(23)43-6)36-44(7,41)42)14-27(19)39-18-26(35-37-39)25-17-38(5)29(33-25)20-10-12-32-13-11-20/h8-18,36H,1-7H3,(H,34,40). The van der Waals surface area contributed by atoms with Gasteiger partial charge in [-0.3, -0.25) is 14.5 Å². The van der Waals surface area contributed by atoms with Gasteiger partial charge in [0.2, 0.25) is 10.0 Å². The summed E-state index contributed by atoms with van der Waals surface area (Å²) in [5.74, 6) is 0.562. The highest BCUT2D eigenvalue weighted by atomic mass is 32.2. The van der Waals surface area contributed by atoms with Gasteiger partial charge < -0.3 is 14.6 Å². The fraction of sp³-hybridized carbons (Fsp3) is 0.258. The predicted octanol–water partition coefficient (Wildman–Crippen LogP) is 4.97. The highest BCUT2D eigenvalue weighted by Crippen LogP contribution is 2.39. The summed E-state index contributed by atoms with van der Waals surface area (Å²) in [5, 5.41) is 11.6. The number of benzene rings is 2. The van der Waals surface area contributed by atoms with E-state index in [0.29, 0.717) is 28.3 Å². The zero-order valence-electron chi connectivity index (χ0n) is 25.6. The number of imidazole rings is 1. The second-order valence-corrected chi connectivity index (χ2v) is 13.3. The van der Waals surface area contributed by atoms with E-state index < -0.39 is 15.9 Å².